The van der Waals surface area contributed by atoms with Crippen LogP contribution < -0.4 is 10.1 Å². The second-order valence-electron chi connectivity index (χ2n) is 3.53. The SMILES string of the molecule is CCC(COC)Nc1cccc(Cl)c1OC. The maximum absolute atomic E-state index is 6.04. The highest BCUT2D eigenvalue weighted by molar-refractivity contribution is 6.32. The largest absolute Gasteiger partial charge is 0.493 e. The van der Waals surface area contributed by atoms with Crippen molar-refractivity contribution in [3.63, 3.8) is 0 Å². The molecule has 0 amide bonds. The highest BCUT2D eigenvalue weighted by atomic mass is 35.5. The van der Waals surface area contributed by atoms with Gasteiger partial charge in [0, 0.05) is 13.2 Å². The molecule has 1 aromatic rings. The number of ether oxygens (including phenoxy) is 2. The molecule has 0 aliphatic carbocycles. The summed E-state index contributed by atoms with van der Waals surface area (Å²) < 4.78 is 10.4. The first-order valence-corrected chi connectivity index (χ1v) is 5.68. The van der Waals surface area contributed by atoms with Crippen LogP contribution in [-0.2, 0) is 4.74 Å². The zero-order chi connectivity index (χ0) is 12.0. The summed E-state index contributed by atoms with van der Waals surface area (Å²) in [6, 6.07) is 5.91. The number of halogens is 1. The Morgan fingerprint density at radius 1 is 1.38 bits per heavy atom. The van der Waals surface area contributed by atoms with Gasteiger partial charge < -0.3 is 14.8 Å². The van der Waals surface area contributed by atoms with Crippen LogP contribution >= 0.6 is 11.6 Å². The third-order valence-electron chi connectivity index (χ3n) is 2.39. The fraction of sp³-hybridized carbons (Fsp3) is 0.500. The average Bonchev–Trinajstić information content (AvgIpc) is 2.28. The molecular formula is C12H18ClNO2. The van der Waals surface area contributed by atoms with Crippen molar-refractivity contribution in [3.8, 4) is 5.75 Å². The molecule has 0 aromatic heterocycles. The number of hydrogen-bond donors (Lipinski definition) is 1. The van der Waals surface area contributed by atoms with E-state index in [2.05, 4.69) is 12.2 Å². The van der Waals surface area contributed by atoms with Crippen LogP contribution in [0.3, 0.4) is 0 Å². The van der Waals surface area contributed by atoms with Gasteiger partial charge in [-0.25, -0.2) is 0 Å². The fourth-order valence-electron chi connectivity index (χ4n) is 1.51. The van der Waals surface area contributed by atoms with Gasteiger partial charge in [-0.05, 0) is 18.6 Å². The normalized spacial score (nSPS) is 12.2. The van der Waals surface area contributed by atoms with Gasteiger partial charge in [0.15, 0.2) is 5.75 Å². The average molecular weight is 244 g/mol. The lowest BCUT2D eigenvalue weighted by atomic mass is 10.2. The Morgan fingerprint density at radius 3 is 2.69 bits per heavy atom. The van der Waals surface area contributed by atoms with E-state index in [1.165, 1.54) is 0 Å². The molecule has 0 aliphatic rings. The number of methoxy groups -OCH3 is 2. The summed E-state index contributed by atoms with van der Waals surface area (Å²) >= 11 is 6.04. The van der Waals surface area contributed by atoms with Crippen LogP contribution in [0.1, 0.15) is 13.3 Å². The summed E-state index contributed by atoms with van der Waals surface area (Å²) in [7, 11) is 3.31. The van der Waals surface area contributed by atoms with E-state index >= 15 is 0 Å². The first-order valence-electron chi connectivity index (χ1n) is 5.30. The lowest BCUT2D eigenvalue weighted by Crippen LogP contribution is -2.24. The van der Waals surface area contributed by atoms with Crippen LogP contribution in [-0.4, -0.2) is 26.9 Å². The van der Waals surface area contributed by atoms with Crippen molar-refractivity contribution in [2.45, 2.75) is 19.4 Å². The molecule has 1 atom stereocenters. The summed E-state index contributed by atoms with van der Waals surface area (Å²) in [5, 5.41) is 3.97. The van der Waals surface area contributed by atoms with Crippen molar-refractivity contribution in [2.75, 3.05) is 26.1 Å². The van der Waals surface area contributed by atoms with E-state index in [-0.39, 0.29) is 6.04 Å². The van der Waals surface area contributed by atoms with E-state index in [0.29, 0.717) is 17.4 Å². The minimum absolute atomic E-state index is 0.261. The molecule has 0 saturated carbocycles. The number of anilines is 1. The Balaban J connectivity index is 2.82. The highest BCUT2D eigenvalue weighted by Gasteiger charge is 2.11. The van der Waals surface area contributed by atoms with E-state index in [1.807, 2.05) is 18.2 Å². The Kier molecular flexibility index (Phi) is 5.43. The first-order chi connectivity index (χ1) is 7.72. The van der Waals surface area contributed by atoms with E-state index in [4.69, 9.17) is 21.1 Å². The topological polar surface area (TPSA) is 30.5 Å². The molecule has 90 valence electrons. The van der Waals surface area contributed by atoms with Crippen molar-refractivity contribution >= 4 is 17.3 Å². The van der Waals surface area contributed by atoms with E-state index in [0.717, 1.165) is 12.1 Å². The molecule has 4 heteroatoms. The van der Waals surface area contributed by atoms with Crippen molar-refractivity contribution in [1.82, 2.24) is 0 Å². The van der Waals surface area contributed by atoms with Crippen LogP contribution in [0.15, 0.2) is 18.2 Å². The molecule has 0 bridgehead atoms. The molecule has 0 spiro atoms. The lowest BCUT2D eigenvalue weighted by Gasteiger charge is -2.19. The lowest BCUT2D eigenvalue weighted by molar-refractivity contribution is 0.184. The van der Waals surface area contributed by atoms with Crippen molar-refractivity contribution in [1.29, 1.82) is 0 Å². The van der Waals surface area contributed by atoms with Gasteiger partial charge in [0.1, 0.15) is 0 Å². The molecule has 1 unspecified atom stereocenters. The van der Waals surface area contributed by atoms with Gasteiger partial charge in [0.25, 0.3) is 0 Å². The molecule has 0 radical (unpaired) electrons. The molecule has 0 aliphatic heterocycles. The van der Waals surface area contributed by atoms with Crippen LogP contribution in [0.2, 0.25) is 5.02 Å². The monoisotopic (exact) mass is 243 g/mol. The van der Waals surface area contributed by atoms with Gasteiger partial charge in [0.2, 0.25) is 0 Å². The summed E-state index contributed by atoms with van der Waals surface area (Å²) in [4.78, 5) is 0. The van der Waals surface area contributed by atoms with E-state index < -0.39 is 0 Å². The smallest absolute Gasteiger partial charge is 0.160 e. The Labute approximate surface area is 102 Å². The molecule has 0 saturated heterocycles. The number of benzene rings is 1. The van der Waals surface area contributed by atoms with Crippen LogP contribution in [0.25, 0.3) is 0 Å². The Hall–Kier alpha value is -0.930. The van der Waals surface area contributed by atoms with E-state index in [9.17, 15) is 0 Å². The minimum atomic E-state index is 0.261. The molecular weight excluding hydrogens is 226 g/mol. The van der Waals surface area contributed by atoms with Gasteiger partial charge in [0.05, 0.1) is 24.4 Å². The van der Waals surface area contributed by atoms with Crippen molar-refractivity contribution < 1.29 is 9.47 Å². The second kappa shape index (κ2) is 6.61. The van der Waals surface area contributed by atoms with Gasteiger partial charge >= 0.3 is 0 Å². The molecule has 0 fully saturated rings. The fourth-order valence-corrected chi connectivity index (χ4v) is 1.76. The minimum Gasteiger partial charge on any atom is -0.493 e. The third-order valence-corrected chi connectivity index (χ3v) is 2.69. The maximum atomic E-state index is 6.04. The summed E-state index contributed by atoms with van der Waals surface area (Å²) in [6.45, 7) is 2.76. The zero-order valence-corrected chi connectivity index (χ0v) is 10.7. The molecule has 16 heavy (non-hydrogen) atoms. The predicted molar refractivity (Wildman–Crippen MR) is 67.6 cm³/mol. The van der Waals surface area contributed by atoms with Crippen LogP contribution in [0.5, 0.6) is 5.75 Å². The molecule has 3 nitrogen and oxygen atoms in total. The second-order valence-corrected chi connectivity index (χ2v) is 3.93. The van der Waals surface area contributed by atoms with Gasteiger partial charge in [-0.1, -0.05) is 24.6 Å². The van der Waals surface area contributed by atoms with Crippen molar-refractivity contribution in [3.05, 3.63) is 23.2 Å². The number of rotatable bonds is 6. The van der Waals surface area contributed by atoms with Crippen molar-refractivity contribution in [2.24, 2.45) is 0 Å². The summed E-state index contributed by atoms with van der Waals surface area (Å²) in [5.41, 5.74) is 0.902. The summed E-state index contributed by atoms with van der Waals surface area (Å²) in [5.74, 6) is 0.679. The highest BCUT2D eigenvalue weighted by Crippen LogP contribution is 2.32. The third kappa shape index (κ3) is 3.29. The Bertz CT molecular complexity index is 331. The molecule has 0 heterocycles. The van der Waals surface area contributed by atoms with Crippen LogP contribution in [0.4, 0.5) is 5.69 Å². The first kappa shape index (κ1) is 13.1. The number of para-hydroxylation sites is 1. The maximum Gasteiger partial charge on any atom is 0.160 e. The summed E-state index contributed by atoms with van der Waals surface area (Å²) in [6.07, 6.45) is 0.976. The number of nitrogens with one attached hydrogen (secondary N) is 1. The van der Waals surface area contributed by atoms with Crippen LogP contribution in [0, 0.1) is 0 Å². The number of hydrogen-bond acceptors (Lipinski definition) is 3. The Morgan fingerprint density at radius 2 is 2.12 bits per heavy atom. The molecule has 1 N–H and O–H groups in total. The molecule has 1 rings (SSSR count). The van der Waals surface area contributed by atoms with Gasteiger partial charge in [-0.2, -0.15) is 0 Å². The standard InChI is InChI=1S/C12H18ClNO2/c1-4-9(8-15-2)14-11-7-5-6-10(13)12(11)16-3/h5-7,9,14H,4,8H2,1-3H3. The molecule has 1 aromatic carbocycles. The zero-order valence-electron chi connectivity index (χ0n) is 9.92. The predicted octanol–water partition coefficient (Wildman–Crippen LogP) is 3.19. The van der Waals surface area contributed by atoms with E-state index in [1.54, 1.807) is 14.2 Å². The van der Waals surface area contributed by atoms with Gasteiger partial charge in [-0.15, -0.1) is 0 Å². The van der Waals surface area contributed by atoms with Gasteiger partial charge in [-0.3, -0.25) is 0 Å². The quantitative estimate of drug-likeness (QED) is 0.833.